The number of piperazine rings is 1. The number of furan rings is 1. The number of hydrogen-bond donors (Lipinski definition) is 0. The predicted molar refractivity (Wildman–Crippen MR) is 108 cm³/mol. The van der Waals surface area contributed by atoms with Gasteiger partial charge in [-0.15, -0.1) is 0 Å². The topological polar surface area (TPSA) is 57.0 Å². The number of benzene rings is 1. The van der Waals surface area contributed by atoms with Gasteiger partial charge in [0, 0.05) is 38.6 Å². The highest BCUT2D eigenvalue weighted by Crippen LogP contribution is 2.28. The lowest BCUT2D eigenvalue weighted by atomic mass is 9.92. The van der Waals surface area contributed by atoms with Crippen molar-refractivity contribution in [2.45, 2.75) is 44.3 Å². The normalized spacial score (nSPS) is 24.7. The third kappa shape index (κ3) is 3.46. The van der Waals surface area contributed by atoms with E-state index in [1.165, 1.54) is 19.1 Å². The quantitative estimate of drug-likeness (QED) is 0.787. The van der Waals surface area contributed by atoms with Gasteiger partial charge < -0.3 is 14.2 Å². The Morgan fingerprint density at radius 3 is 2.66 bits per heavy atom. The van der Waals surface area contributed by atoms with E-state index in [9.17, 15) is 9.59 Å². The first kappa shape index (κ1) is 18.4. The molecule has 6 nitrogen and oxygen atoms in total. The molecule has 0 spiro atoms. The summed E-state index contributed by atoms with van der Waals surface area (Å²) in [5.41, 5.74) is 2.26. The monoisotopic (exact) mass is 393 g/mol. The lowest BCUT2D eigenvalue weighted by molar-refractivity contribution is -0.140. The highest BCUT2D eigenvalue weighted by Gasteiger charge is 2.40. The fraction of sp³-hybridized carbons (Fsp3) is 0.478. The first-order chi connectivity index (χ1) is 14.2. The number of hydrogen-bond acceptors (Lipinski definition) is 4. The molecule has 0 bridgehead atoms. The summed E-state index contributed by atoms with van der Waals surface area (Å²) in [7, 11) is 0. The smallest absolute Gasteiger partial charge is 0.290 e. The van der Waals surface area contributed by atoms with E-state index in [2.05, 4.69) is 11.0 Å². The molecular formula is C23H27N3O3. The number of carbonyl (C=O) groups is 2. The van der Waals surface area contributed by atoms with Gasteiger partial charge in [-0.25, -0.2) is 0 Å². The molecule has 0 radical (unpaired) electrons. The minimum atomic E-state index is -0.474. The summed E-state index contributed by atoms with van der Waals surface area (Å²) < 4.78 is 5.36. The van der Waals surface area contributed by atoms with Crippen LogP contribution in [-0.2, 0) is 17.8 Å². The molecule has 2 fully saturated rings. The molecule has 3 aliphatic heterocycles. The van der Waals surface area contributed by atoms with Crippen LogP contribution in [0.25, 0.3) is 0 Å². The summed E-state index contributed by atoms with van der Waals surface area (Å²) in [6.45, 7) is 4.05. The number of amides is 2. The van der Waals surface area contributed by atoms with Crippen molar-refractivity contribution in [3.05, 3.63) is 59.5 Å². The van der Waals surface area contributed by atoms with Crippen molar-refractivity contribution in [2.24, 2.45) is 0 Å². The van der Waals surface area contributed by atoms with Crippen molar-refractivity contribution in [1.82, 2.24) is 14.7 Å². The minimum Gasteiger partial charge on any atom is -0.459 e. The molecule has 1 aromatic carbocycles. The third-order valence-electron chi connectivity index (χ3n) is 6.68. The Bertz CT molecular complexity index is 895. The van der Waals surface area contributed by atoms with Crippen LogP contribution in [0.4, 0.5) is 0 Å². The summed E-state index contributed by atoms with van der Waals surface area (Å²) in [5, 5.41) is 0. The Kier molecular flexibility index (Phi) is 4.87. The van der Waals surface area contributed by atoms with Crippen LogP contribution in [0.5, 0.6) is 0 Å². The molecule has 0 saturated carbocycles. The van der Waals surface area contributed by atoms with Gasteiger partial charge in [0.1, 0.15) is 6.04 Å². The van der Waals surface area contributed by atoms with E-state index in [0.717, 1.165) is 43.7 Å². The van der Waals surface area contributed by atoms with Gasteiger partial charge in [0.05, 0.1) is 6.26 Å². The fourth-order valence-electron chi connectivity index (χ4n) is 5.07. The molecular weight excluding hydrogens is 366 g/mol. The highest BCUT2D eigenvalue weighted by atomic mass is 16.3. The minimum absolute atomic E-state index is 0.0737. The number of carbonyl (C=O) groups excluding carboxylic acids is 2. The zero-order chi connectivity index (χ0) is 19.8. The standard InChI is InChI=1S/C23H27N3O3/c27-22(25-12-11-24-10-4-3-8-19(24)16-25)20-14-17-6-1-2-7-18(17)15-26(20)23(28)21-9-5-13-29-21/h1-2,5-7,9,13,19-20H,3-4,8,10-12,14-16H2. The lowest BCUT2D eigenvalue weighted by Gasteiger charge is -2.46. The van der Waals surface area contributed by atoms with E-state index < -0.39 is 6.04 Å². The van der Waals surface area contributed by atoms with Gasteiger partial charge in [-0.1, -0.05) is 30.7 Å². The van der Waals surface area contributed by atoms with E-state index in [1.54, 1.807) is 17.0 Å². The maximum absolute atomic E-state index is 13.6. The van der Waals surface area contributed by atoms with Crippen molar-refractivity contribution >= 4 is 11.8 Å². The Balaban J connectivity index is 1.41. The van der Waals surface area contributed by atoms with Crippen LogP contribution in [0.15, 0.2) is 47.1 Å². The molecule has 3 aliphatic rings. The number of piperidine rings is 1. The van der Waals surface area contributed by atoms with Crippen molar-refractivity contribution in [3.63, 3.8) is 0 Å². The maximum atomic E-state index is 13.6. The largest absolute Gasteiger partial charge is 0.459 e. The Labute approximate surface area is 171 Å². The van der Waals surface area contributed by atoms with Crippen LogP contribution in [-0.4, -0.2) is 64.8 Å². The van der Waals surface area contributed by atoms with Gasteiger partial charge in [-0.3, -0.25) is 14.5 Å². The molecule has 29 heavy (non-hydrogen) atoms. The van der Waals surface area contributed by atoms with Crippen molar-refractivity contribution < 1.29 is 14.0 Å². The van der Waals surface area contributed by atoms with Crippen molar-refractivity contribution in [1.29, 1.82) is 0 Å². The average Bonchev–Trinajstić information content (AvgIpc) is 3.32. The highest BCUT2D eigenvalue weighted by molar-refractivity contribution is 5.96. The number of rotatable bonds is 2. The third-order valence-corrected chi connectivity index (χ3v) is 6.68. The molecule has 2 amide bonds. The fourth-order valence-corrected chi connectivity index (χ4v) is 5.07. The Morgan fingerprint density at radius 1 is 0.966 bits per heavy atom. The van der Waals surface area contributed by atoms with Gasteiger partial charge in [-0.2, -0.15) is 0 Å². The Hall–Kier alpha value is -2.60. The molecule has 0 N–H and O–H groups in total. The molecule has 2 atom stereocenters. The number of nitrogens with zero attached hydrogens (tertiary/aromatic N) is 3. The Morgan fingerprint density at radius 2 is 1.83 bits per heavy atom. The average molecular weight is 393 g/mol. The summed E-state index contributed by atoms with van der Waals surface area (Å²) in [6, 6.07) is 11.5. The van der Waals surface area contributed by atoms with Crippen LogP contribution >= 0.6 is 0 Å². The van der Waals surface area contributed by atoms with Gasteiger partial charge in [-0.05, 0) is 42.6 Å². The van der Waals surface area contributed by atoms with Crippen molar-refractivity contribution in [2.75, 3.05) is 26.2 Å². The zero-order valence-corrected chi connectivity index (χ0v) is 16.6. The van der Waals surface area contributed by atoms with E-state index in [1.807, 2.05) is 23.1 Å². The van der Waals surface area contributed by atoms with E-state index in [4.69, 9.17) is 4.42 Å². The van der Waals surface area contributed by atoms with E-state index in [-0.39, 0.29) is 11.8 Å². The van der Waals surface area contributed by atoms with E-state index in [0.29, 0.717) is 24.8 Å². The van der Waals surface area contributed by atoms with Crippen LogP contribution in [0.1, 0.15) is 40.9 Å². The second-order valence-corrected chi connectivity index (χ2v) is 8.37. The molecule has 2 aromatic rings. The van der Waals surface area contributed by atoms with Crippen LogP contribution in [0, 0.1) is 0 Å². The summed E-state index contributed by atoms with van der Waals surface area (Å²) in [5.74, 6) is 0.156. The molecule has 2 saturated heterocycles. The lowest BCUT2D eigenvalue weighted by Crippen LogP contribution is -2.60. The van der Waals surface area contributed by atoms with E-state index >= 15 is 0 Å². The molecule has 6 heteroatoms. The molecule has 0 aliphatic carbocycles. The van der Waals surface area contributed by atoms with Gasteiger partial charge in [0.25, 0.3) is 5.91 Å². The molecule has 152 valence electrons. The van der Waals surface area contributed by atoms with Crippen LogP contribution in [0.3, 0.4) is 0 Å². The second-order valence-electron chi connectivity index (χ2n) is 8.37. The maximum Gasteiger partial charge on any atom is 0.290 e. The predicted octanol–water partition coefficient (Wildman–Crippen LogP) is 2.54. The summed E-state index contributed by atoms with van der Waals surface area (Å²) >= 11 is 0. The molecule has 2 unspecified atom stereocenters. The van der Waals surface area contributed by atoms with Crippen LogP contribution in [0.2, 0.25) is 0 Å². The van der Waals surface area contributed by atoms with Crippen molar-refractivity contribution in [3.8, 4) is 0 Å². The molecule has 4 heterocycles. The SMILES string of the molecule is O=C(C1Cc2ccccc2CN1C(=O)c1ccco1)N1CCN2CCCCC2C1. The van der Waals surface area contributed by atoms with Gasteiger partial charge >= 0.3 is 0 Å². The second kappa shape index (κ2) is 7.67. The summed E-state index contributed by atoms with van der Waals surface area (Å²) in [4.78, 5) is 33.0. The first-order valence-corrected chi connectivity index (χ1v) is 10.6. The zero-order valence-electron chi connectivity index (χ0n) is 16.6. The summed E-state index contributed by atoms with van der Waals surface area (Å²) in [6.07, 6.45) is 5.72. The molecule has 1 aromatic heterocycles. The molecule has 5 rings (SSSR count). The number of fused-ring (bicyclic) bond motifs is 2. The van der Waals surface area contributed by atoms with Gasteiger partial charge in [0.15, 0.2) is 5.76 Å². The van der Waals surface area contributed by atoms with Crippen LogP contribution < -0.4 is 0 Å². The van der Waals surface area contributed by atoms with Gasteiger partial charge in [0.2, 0.25) is 5.91 Å². The first-order valence-electron chi connectivity index (χ1n) is 10.6.